The second-order valence-electron chi connectivity index (χ2n) is 8.86. The summed E-state index contributed by atoms with van der Waals surface area (Å²) in [6.07, 6.45) is 5.87. The standard InChI is InChI=1S/C25H22Cl2N6OS/c26-20-9-31-10-21(27)19(20)11-34-17-1-2-22(29)18(6-17)23(30)16-5-15(7-28)24(32-8-16)33-12-25(13-33)3-4-35-14-25/h1-2,5-6,8-10,30H,3-4,11-14,29H2. The number of hydrogen-bond acceptors (Lipinski definition) is 8. The molecule has 0 aliphatic carbocycles. The molecule has 0 saturated carbocycles. The molecule has 1 aromatic carbocycles. The van der Waals surface area contributed by atoms with Crippen LogP contribution in [0.2, 0.25) is 10.0 Å². The van der Waals surface area contributed by atoms with E-state index in [1.807, 2.05) is 11.8 Å². The van der Waals surface area contributed by atoms with Crippen molar-refractivity contribution in [1.82, 2.24) is 9.97 Å². The summed E-state index contributed by atoms with van der Waals surface area (Å²) in [5, 5.41) is 19.4. The molecule has 178 valence electrons. The number of hydrogen-bond donors (Lipinski definition) is 2. The number of nitrogens with one attached hydrogen (secondary N) is 1. The van der Waals surface area contributed by atoms with Gasteiger partial charge in [0.1, 0.15) is 24.2 Å². The van der Waals surface area contributed by atoms with E-state index in [1.54, 1.807) is 30.5 Å². The number of benzene rings is 1. The largest absolute Gasteiger partial charge is 0.489 e. The molecule has 2 fully saturated rings. The predicted octanol–water partition coefficient (Wildman–Crippen LogP) is 5.18. The minimum atomic E-state index is 0.140. The maximum Gasteiger partial charge on any atom is 0.146 e. The number of nitrogen functional groups attached to an aromatic ring is 1. The average molecular weight is 525 g/mol. The number of rotatable bonds is 6. The van der Waals surface area contributed by atoms with Crippen LogP contribution in [0.3, 0.4) is 0 Å². The molecular weight excluding hydrogens is 503 g/mol. The fourth-order valence-corrected chi connectivity index (χ4v) is 6.42. The lowest BCUT2D eigenvalue weighted by atomic mass is 9.79. The molecule has 2 saturated heterocycles. The van der Waals surface area contributed by atoms with Crippen molar-refractivity contribution >= 4 is 52.2 Å². The molecular formula is C25H22Cl2N6OS. The Bertz CT molecular complexity index is 1320. The molecule has 0 unspecified atom stereocenters. The first-order chi connectivity index (χ1) is 16.9. The van der Waals surface area contributed by atoms with Crippen LogP contribution in [0.4, 0.5) is 11.5 Å². The van der Waals surface area contributed by atoms with E-state index in [2.05, 4.69) is 20.9 Å². The highest BCUT2D eigenvalue weighted by Crippen LogP contribution is 2.45. The first-order valence-corrected chi connectivity index (χ1v) is 12.9. The van der Waals surface area contributed by atoms with E-state index in [9.17, 15) is 5.26 Å². The van der Waals surface area contributed by atoms with Gasteiger partial charge in [-0.25, -0.2) is 4.98 Å². The van der Waals surface area contributed by atoms with E-state index < -0.39 is 0 Å². The highest BCUT2D eigenvalue weighted by molar-refractivity contribution is 7.99. The summed E-state index contributed by atoms with van der Waals surface area (Å²) in [4.78, 5) is 10.7. The van der Waals surface area contributed by atoms with E-state index in [0.717, 1.165) is 13.1 Å². The molecule has 1 spiro atoms. The highest BCUT2D eigenvalue weighted by atomic mass is 35.5. The summed E-state index contributed by atoms with van der Waals surface area (Å²) in [6, 6.07) is 9.06. The van der Waals surface area contributed by atoms with E-state index >= 15 is 0 Å². The third kappa shape index (κ3) is 4.64. The van der Waals surface area contributed by atoms with Crippen molar-refractivity contribution in [1.29, 1.82) is 10.7 Å². The maximum atomic E-state index is 9.78. The van der Waals surface area contributed by atoms with Gasteiger partial charge in [-0.2, -0.15) is 17.0 Å². The van der Waals surface area contributed by atoms with Crippen LogP contribution in [-0.4, -0.2) is 40.3 Å². The molecule has 2 aromatic heterocycles. The van der Waals surface area contributed by atoms with E-state index in [-0.39, 0.29) is 12.3 Å². The summed E-state index contributed by atoms with van der Waals surface area (Å²) in [5.74, 6) is 3.57. The van der Waals surface area contributed by atoms with Gasteiger partial charge in [-0.05, 0) is 36.4 Å². The Hall–Kier alpha value is -2.99. The summed E-state index contributed by atoms with van der Waals surface area (Å²) < 4.78 is 5.87. The normalized spacial score (nSPS) is 16.1. The summed E-state index contributed by atoms with van der Waals surface area (Å²) in [5.41, 5.74) is 9.22. The van der Waals surface area contributed by atoms with E-state index in [0.29, 0.717) is 55.0 Å². The minimum Gasteiger partial charge on any atom is -0.489 e. The molecule has 2 aliphatic heterocycles. The van der Waals surface area contributed by atoms with E-state index in [4.69, 9.17) is 39.1 Å². The van der Waals surface area contributed by atoms with E-state index in [1.165, 1.54) is 30.3 Å². The lowest BCUT2D eigenvalue weighted by molar-refractivity contribution is 0.252. The Kier molecular flexibility index (Phi) is 6.49. The summed E-state index contributed by atoms with van der Waals surface area (Å²) >= 11 is 14.4. The molecule has 0 amide bonds. The Morgan fingerprint density at radius 2 is 2.00 bits per heavy atom. The van der Waals surface area contributed by atoms with Crippen molar-refractivity contribution in [3.63, 3.8) is 0 Å². The molecule has 0 radical (unpaired) electrons. The zero-order valence-electron chi connectivity index (χ0n) is 18.7. The van der Waals surface area contributed by atoms with Gasteiger partial charge in [0.25, 0.3) is 0 Å². The van der Waals surface area contributed by atoms with Crippen molar-refractivity contribution < 1.29 is 4.74 Å². The molecule has 0 atom stereocenters. The van der Waals surface area contributed by atoms with Crippen molar-refractivity contribution in [3.05, 3.63) is 75.2 Å². The molecule has 7 nitrogen and oxygen atoms in total. The van der Waals surface area contributed by atoms with Gasteiger partial charge in [0, 0.05) is 65.2 Å². The molecule has 10 heteroatoms. The third-order valence-corrected chi connectivity index (χ3v) is 8.40. The Balaban J connectivity index is 1.34. The number of halogens is 2. The highest BCUT2D eigenvalue weighted by Gasteiger charge is 2.46. The van der Waals surface area contributed by atoms with Gasteiger partial charge in [-0.1, -0.05) is 23.2 Å². The molecule has 3 aromatic rings. The Morgan fingerprint density at radius 3 is 2.69 bits per heavy atom. The fourth-order valence-electron chi connectivity index (χ4n) is 4.47. The zero-order valence-corrected chi connectivity index (χ0v) is 21.1. The van der Waals surface area contributed by atoms with Crippen LogP contribution in [-0.2, 0) is 6.61 Å². The van der Waals surface area contributed by atoms with Gasteiger partial charge in [-0.3, -0.25) is 10.4 Å². The number of pyridine rings is 2. The van der Waals surface area contributed by atoms with Crippen LogP contribution in [0.25, 0.3) is 0 Å². The SMILES string of the molecule is N#Cc1cc(C(=N)c2cc(OCc3c(Cl)cncc3Cl)ccc2N)cnc1N1CC2(CCSC2)C1. The summed E-state index contributed by atoms with van der Waals surface area (Å²) in [7, 11) is 0. The quantitative estimate of drug-likeness (QED) is 0.337. The number of anilines is 2. The first-order valence-electron chi connectivity index (χ1n) is 11.0. The minimum absolute atomic E-state index is 0.140. The van der Waals surface area contributed by atoms with Gasteiger partial charge in [0.2, 0.25) is 0 Å². The number of thioether (sulfide) groups is 1. The second-order valence-corrected chi connectivity index (χ2v) is 10.8. The average Bonchev–Trinajstić information content (AvgIpc) is 3.33. The van der Waals surface area contributed by atoms with Gasteiger partial charge >= 0.3 is 0 Å². The number of aromatic nitrogens is 2. The number of nitrogens with zero attached hydrogens (tertiary/aromatic N) is 4. The molecule has 35 heavy (non-hydrogen) atoms. The molecule has 5 rings (SSSR count). The third-order valence-electron chi connectivity index (χ3n) is 6.44. The van der Waals surface area contributed by atoms with Crippen molar-refractivity contribution in [2.45, 2.75) is 13.0 Å². The summed E-state index contributed by atoms with van der Waals surface area (Å²) in [6.45, 7) is 1.99. The number of ether oxygens (including phenoxy) is 1. The van der Waals surface area contributed by atoms with Crippen LogP contribution in [0.5, 0.6) is 5.75 Å². The number of nitriles is 1. The van der Waals surface area contributed by atoms with Crippen LogP contribution in [0.1, 0.15) is 28.7 Å². The molecule has 2 aliphatic rings. The topological polar surface area (TPSA) is 112 Å². The zero-order chi connectivity index (χ0) is 24.6. The van der Waals surface area contributed by atoms with Crippen LogP contribution in [0, 0.1) is 22.2 Å². The van der Waals surface area contributed by atoms with Crippen molar-refractivity contribution in [3.8, 4) is 11.8 Å². The van der Waals surface area contributed by atoms with Gasteiger partial charge in [0.15, 0.2) is 0 Å². The van der Waals surface area contributed by atoms with Gasteiger partial charge < -0.3 is 15.4 Å². The lowest BCUT2D eigenvalue weighted by Gasteiger charge is -2.48. The molecule has 4 heterocycles. The monoisotopic (exact) mass is 524 g/mol. The van der Waals surface area contributed by atoms with Crippen LogP contribution in [0.15, 0.2) is 42.9 Å². The van der Waals surface area contributed by atoms with Gasteiger partial charge in [0.05, 0.1) is 21.3 Å². The first kappa shape index (κ1) is 23.7. The Morgan fingerprint density at radius 1 is 1.23 bits per heavy atom. The van der Waals surface area contributed by atoms with Crippen LogP contribution >= 0.6 is 35.0 Å². The lowest BCUT2D eigenvalue weighted by Crippen LogP contribution is -2.57. The fraction of sp³-hybridized carbons (Fsp3) is 0.280. The van der Waals surface area contributed by atoms with Crippen LogP contribution < -0.4 is 15.4 Å². The molecule has 0 bridgehead atoms. The second kappa shape index (κ2) is 9.57. The van der Waals surface area contributed by atoms with Crippen molar-refractivity contribution in [2.75, 3.05) is 35.2 Å². The van der Waals surface area contributed by atoms with Gasteiger partial charge in [-0.15, -0.1) is 0 Å². The molecule has 3 N–H and O–H groups in total. The predicted molar refractivity (Wildman–Crippen MR) is 141 cm³/mol. The smallest absolute Gasteiger partial charge is 0.146 e. The Labute approximate surface area is 217 Å². The maximum absolute atomic E-state index is 9.78. The number of nitrogens with two attached hydrogens (primary N) is 1. The van der Waals surface area contributed by atoms with Crippen molar-refractivity contribution in [2.24, 2.45) is 5.41 Å².